The highest BCUT2D eigenvalue weighted by atomic mass is 16.5. The summed E-state index contributed by atoms with van der Waals surface area (Å²) >= 11 is 0. The fraction of sp³-hybridized carbons (Fsp3) is 0.830. The fourth-order valence-corrected chi connectivity index (χ4v) is 14.3. The molecule has 0 N–H and O–H groups in total. The molecule has 6 heteroatoms. The first-order valence-electron chi connectivity index (χ1n) is 22.0. The lowest BCUT2D eigenvalue weighted by Crippen LogP contribution is -2.51. The summed E-state index contributed by atoms with van der Waals surface area (Å²) in [6.07, 6.45) is 23.5. The Balaban J connectivity index is 0.000000165. The van der Waals surface area contributed by atoms with Crippen molar-refractivity contribution in [2.45, 2.75) is 183 Å². The largest absolute Gasteiger partial charge is 0.462 e. The standard InChI is InChI=1S/C25H38O3.C22H32O3/c1-16(2)5-10-23(27)28-22-9-8-20-19-7-6-17-15-18(26)11-13-24(17,3)21(19)12-14-25(20,22)4;1-4-20(24)25-19-8-7-17-16-6-5-14-13-15(23)9-11-21(14,2)18(16)10-12-22(17,19)3/h15-16,19-22H,5-14H2,1-4H3;13,16-19H,4-12H2,1-3H3/t19-,20-,21-,22-,24-,25-;16-,17-,18-,19-,21-,22-/m00/s1. The van der Waals surface area contributed by atoms with Gasteiger partial charge in [-0.05, 0) is 161 Å². The summed E-state index contributed by atoms with van der Waals surface area (Å²) < 4.78 is 11.9. The predicted molar refractivity (Wildman–Crippen MR) is 208 cm³/mol. The van der Waals surface area contributed by atoms with E-state index in [1.807, 2.05) is 19.1 Å². The highest BCUT2D eigenvalue weighted by Gasteiger charge is 2.61. The van der Waals surface area contributed by atoms with Crippen LogP contribution in [0.5, 0.6) is 0 Å². The molecule has 6 nitrogen and oxygen atoms in total. The van der Waals surface area contributed by atoms with Crippen molar-refractivity contribution in [1.82, 2.24) is 0 Å². The monoisotopic (exact) mass is 731 g/mol. The molecule has 0 saturated heterocycles. The van der Waals surface area contributed by atoms with Crippen LogP contribution < -0.4 is 0 Å². The number of ether oxygens (including phenoxy) is 2. The summed E-state index contributed by atoms with van der Waals surface area (Å²) in [5.74, 6) is 5.40. The zero-order valence-corrected chi connectivity index (χ0v) is 34.2. The van der Waals surface area contributed by atoms with Crippen LogP contribution in [0.1, 0.15) is 170 Å². The van der Waals surface area contributed by atoms with Gasteiger partial charge in [-0.1, -0.05) is 59.6 Å². The fourth-order valence-electron chi connectivity index (χ4n) is 14.3. The number of fused-ring (bicyclic) bond motifs is 10. The van der Waals surface area contributed by atoms with Crippen molar-refractivity contribution in [3.8, 4) is 0 Å². The van der Waals surface area contributed by atoms with Crippen molar-refractivity contribution < 1.29 is 28.7 Å². The van der Waals surface area contributed by atoms with Gasteiger partial charge in [-0.2, -0.15) is 0 Å². The number of allylic oxidation sites excluding steroid dienone is 2. The first-order valence-corrected chi connectivity index (χ1v) is 22.0. The normalized spacial score (nSPS) is 44.1. The Morgan fingerprint density at radius 1 is 0.623 bits per heavy atom. The Labute approximate surface area is 320 Å². The molecule has 0 bridgehead atoms. The van der Waals surface area contributed by atoms with E-state index in [9.17, 15) is 19.2 Å². The molecule has 53 heavy (non-hydrogen) atoms. The number of hydrogen-bond donors (Lipinski definition) is 0. The summed E-state index contributed by atoms with van der Waals surface area (Å²) in [4.78, 5) is 48.2. The van der Waals surface area contributed by atoms with Gasteiger partial charge in [-0.25, -0.2) is 0 Å². The van der Waals surface area contributed by atoms with E-state index >= 15 is 0 Å². The zero-order chi connectivity index (χ0) is 37.9. The second-order valence-corrected chi connectivity index (χ2v) is 20.4. The molecule has 294 valence electrons. The SMILES string of the molecule is CC(C)CCC(=O)O[C@H]1CC[C@H]2[C@@H]3CCC4=CC(=O)CC[C@]4(C)[C@H]3CC[C@]12C.CCC(=O)O[C@H]1CC[C@H]2[C@@H]3CCC4=CC(=O)CC[C@]4(C)[C@H]3CC[C@]12C. The minimum Gasteiger partial charge on any atom is -0.462 e. The van der Waals surface area contributed by atoms with Gasteiger partial charge in [0, 0.05) is 36.5 Å². The second kappa shape index (κ2) is 14.7. The Bertz CT molecular complexity index is 1520. The quantitative estimate of drug-likeness (QED) is 0.253. The smallest absolute Gasteiger partial charge is 0.306 e. The van der Waals surface area contributed by atoms with E-state index in [0.717, 1.165) is 82.5 Å². The molecule has 6 saturated carbocycles. The highest BCUT2D eigenvalue weighted by Crippen LogP contribution is 2.67. The molecule has 0 unspecified atom stereocenters. The minimum absolute atomic E-state index is 0.00863. The van der Waals surface area contributed by atoms with Crippen LogP contribution in [0.15, 0.2) is 23.3 Å². The van der Waals surface area contributed by atoms with E-state index < -0.39 is 0 Å². The number of rotatable bonds is 6. The minimum atomic E-state index is -0.0411. The Morgan fingerprint density at radius 3 is 1.51 bits per heavy atom. The molecule has 0 aromatic rings. The van der Waals surface area contributed by atoms with Gasteiger partial charge in [0.2, 0.25) is 0 Å². The number of ketones is 2. The molecule has 0 aromatic heterocycles. The van der Waals surface area contributed by atoms with Gasteiger partial charge in [0.05, 0.1) is 0 Å². The second-order valence-electron chi connectivity index (χ2n) is 20.4. The molecule has 8 rings (SSSR count). The van der Waals surface area contributed by atoms with E-state index in [1.165, 1.54) is 49.7 Å². The van der Waals surface area contributed by atoms with Crippen LogP contribution in [-0.2, 0) is 28.7 Å². The maximum Gasteiger partial charge on any atom is 0.306 e. The van der Waals surface area contributed by atoms with Gasteiger partial charge >= 0.3 is 11.9 Å². The molecule has 0 spiro atoms. The molecule has 0 aromatic carbocycles. The predicted octanol–water partition coefficient (Wildman–Crippen LogP) is 10.7. The third-order valence-electron chi connectivity index (χ3n) is 17.5. The van der Waals surface area contributed by atoms with Gasteiger partial charge in [-0.15, -0.1) is 0 Å². The molecule has 0 aliphatic heterocycles. The number of esters is 2. The van der Waals surface area contributed by atoms with Crippen molar-refractivity contribution in [2.75, 3.05) is 0 Å². The lowest BCUT2D eigenvalue weighted by Gasteiger charge is -2.57. The molecule has 8 aliphatic carbocycles. The van der Waals surface area contributed by atoms with Crippen LogP contribution in [0.4, 0.5) is 0 Å². The van der Waals surface area contributed by atoms with Crippen molar-refractivity contribution >= 4 is 23.5 Å². The van der Waals surface area contributed by atoms with Crippen LogP contribution in [0.3, 0.4) is 0 Å². The Morgan fingerprint density at radius 2 is 1.08 bits per heavy atom. The molecular weight excluding hydrogens is 661 g/mol. The van der Waals surface area contributed by atoms with E-state index in [2.05, 4.69) is 41.5 Å². The Hall–Kier alpha value is -2.24. The summed E-state index contributed by atoms with van der Waals surface area (Å²) in [7, 11) is 0. The number of carbonyl (C=O) groups excluding carboxylic acids is 4. The van der Waals surface area contributed by atoms with Crippen LogP contribution in [0.2, 0.25) is 0 Å². The first-order chi connectivity index (χ1) is 25.1. The average molecular weight is 731 g/mol. The van der Waals surface area contributed by atoms with Crippen molar-refractivity contribution in [2.24, 2.45) is 63.1 Å². The number of hydrogen-bond acceptors (Lipinski definition) is 6. The molecule has 6 fully saturated rings. The van der Waals surface area contributed by atoms with Crippen molar-refractivity contribution in [1.29, 1.82) is 0 Å². The molecule has 0 radical (unpaired) electrons. The van der Waals surface area contributed by atoms with Gasteiger partial charge in [0.25, 0.3) is 0 Å². The van der Waals surface area contributed by atoms with Gasteiger partial charge in [0.15, 0.2) is 11.6 Å². The lowest BCUT2D eigenvalue weighted by atomic mass is 9.47. The summed E-state index contributed by atoms with van der Waals surface area (Å²) in [6.45, 7) is 15.8. The molecule has 8 aliphatic rings. The molecule has 0 amide bonds. The van der Waals surface area contributed by atoms with Crippen molar-refractivity contribution in [3.63, 3.8) is 0 Å². The summed E-state index contributed by atoms with van der Waals surface area (Å²) in [5, 5.41) is 0. The van der Waals surface area contributed by atoms with Gasteiger partial charge in [-0.3, -0.25) is 19.2 Å². The van der Waals surface area contributed by atoms with Gasteiger partial charge < -0.3 is 9.47 Å². The average Bonchev–Trinajstić information content (AvgIpc) is 3.63. The molecule has 0 heterocycles. The molecular formula is C47H70O6. The maximum absolute atomic E-state index is 12.4. The van der Waals surface area contributed by atoms with Crippen LogP contribution in [0.25, 0.3) is 0 Å². The van der Waals surface area contributed by atoms with Crippen LogP contribution in [0, 0.1) is 63.1 Å². The van der Waals surface area contributed by atoms with E-state index in [1.54, 1.807) is 0 Å². The summed E-state index contributed by atoms with van der Waals surface area (Å²) in [5.41, 5.74) is 3.63. The van der Waals surface area contributed by atoms with E-state index in [0.29, 0.717) is 54.0 Å². The lowest BCUT2D eigenvalue weighted by molar-refractivity contribution is -0.160. The van der Waals surface area contributed by atoms with Crippen LogP contribution in [-0.4, -0.2) is 35.7 Å². The van der Waals surface area contributed by atoms with Crippen LogP contribution >= 0.6 is 0 Å². The topological polar surface area (TPSA) is 86.7 Å². The highest BCUT2D eigenvalue weighted by molar-refractivity contribution is 5.92. The van der Waals surface area contributed by atoms with Crippen molar-refractivity contribution in [3.05, 3.63) is 23.3 Å². The van der Waals surface area contributed by atoms with E-state index in [-0.39, 0.29) is 45.8 Å². The molecule has 12 atom stereocenters. The third kappa shape index (κ3) is 6.85. The Kier molecular flexibility index (Phi) is 10.8. The maximum atomic E-state index is 12.4. The zero-order valence-electron chi connectivity index (χ0n) is 34.2. The first kappa shape index (κ1) is 39.0. The summed E-state index contributed by atoms with van der Waals surface area (Å²) in [6, 6.07) is 0. The third-order valence-corrected chi connectivity index (χ3v) is 17.5. The number of carbonyl (C=O) groups is 4. The van der Waals surface area contributed by atoms with Gasteiger partial charge in [0.1, 0.15) is 12.2 Å². The van der Waals surface area contributed by atoms with E-state index in [4.69, 9.17) is 9.47 Å².